The smallest absolute Gasteiger partial charge is 0.147 e. The van der Waals surface area contributed by atoms with E-state index in [1.165, 1.54) is 82.1 Å². The van der Waals surface area contributed by atoms with Gasteiger partial charge in [0, 0.05) is 43.8 Å². The molecule has 0 fully saturated rings. The molecule has 0 aliphatic rings. The number of ether oxygens (including phenoxy) is 2. The van der Waals surface area contributed by atoms with Crippen molar-refractivity contribution >= 4 is 43.6 Å². The van der Waals surface area contributed by atoms with Gasteiger partial charge in [-0.25, -0.2) is 8.78 Å². The summed E-state index contributed by atoms with van der Waals surface area (Å²) in [6, 6.07) is 50.4. The number of phenols is 2. The molecule has 10 rings (SSSR count). The zero-order valence-corrected chi connectivity index (χ0v) is 47.3. The third-order valence-electron chi connectivity index (χ3n) is 16.4. The summed E-state index contributed by atoms with van der Waals surface area (Å²) in [4.78, 5) is 0. The van der Waals surface area contributed by atoms with Crippen LogP contribution in [0.5, 0.6) is 23.0 Å². The van der Waals surface area contributed by atoms with E-state index in [2.05, 4.69) is 97.5 Å². The Balaban J connectivity index is 0.909. The first-order valence-corrected chi connectivity index (χ1v) is 29.6. The van der Waals surface area contributed by atoms with Crippen LogP contribution in [0.4, 0.5) is 8.78 Å². The first kappa shape index (κ1) is 55.7. The van der Waals surface area contributed by atoms with E-state index in [1.54, 1.807) is 12.1 Å². The molecule has 0 aliphatic heterocycles. The minimum atomic E-state index is -0.429. The van der Waals surface area contributed by atoms with Gasteiger partial charge in [-0.3, -0.25) is 0 Å². The second kappa shape index (κ2) is 25.7. The summed E-state index contributed by atoms with van der Waals surface area (Å²) in [7, 11) is 0. The molecular weight excluding hydrogens is 995 g/mol. The Morgan fingerprint density at radius 3 is 1.27 bits per heavy atom. The van der Waals surface area contributed by atoms with E-state index in [0.717, 1.165) is 93.3 Å². The Hall–Kier alpha value is -7.58. The van der Waals surface area contributed by atoms with Crippen molar-refractivity contribution in [3.05, 3.63) is 180 Å². The number of aryl methyl sites for hydroxylation is 1. The minimum Gasteiger partial charge on any atom is -0.505 e. The number of unbranched alkanes of at least 4 members (excludes halogenated alkanes) is 12. The molecular formula is C72H78F2N2O4. The molecule has 0 atom stereocenters. The number of halogens is 2. The van der Waals surface area contributed by atoms with Crippen LogP contribution in [0, 0.1) is 11.6 Å². The second-order valence-corrected chi connectivity index (χ2v) is 22.6. The van der Waals surface area contributed by atoms with Gasteiger partial charge in [-0.1, -0.05) is 178 Å². The fourth-order valence-corrected chi connectivity index (χ4v) is 12.0. The van der Waals surface area contributed by atoms with Crippen molar-refractivity contribution in [1.29, 1.82) is 0 Å². The van der Waals surface area contributed by atoms with Crippen LogP contribution in [0.25, 0.3) is 77.2 Å². The molecule has 0 bridgehead atoms. The molecule has 0 spiro atoms. The van der Waals surface area contributed by atoms with Crippen LogP contribution in [0.1, 0.15) is 142 Å². The molecule has 2 N–H and O–H groups in total. The monoisotopic (exact) mass is 1070 g/mol. The van der Waals surface area contributed by atoms with E-state index in [4.69, 9.17) is 9.47 Å². The summed E-state index contributed by atoms with van der Waals surface area (Å²) in [6.45, 7) is 9.62. The zero-order chi connectivity index (χ0) is 55.6. The highest BCUT2D eigenvalue weighted by atomic mass is 19.1. The number of nitrogens with zero attached hydrogens (tertiary/aromatic N) is 2. The van der Waals surface area contributed by atoms with Gasteiger partial charge in [0.15, 0.2) is 0 Å². The Morgan fingerprint density at radius 1 is 0.412 bits per heavy atom. The number of hydrogen-bond acceptors (Lipinski definition) is 4. The summed E-state index contributed by atoms with van der Waals surface area (Å²) in [5, 5.41) is 29.4. The number of hydrogen-bond donors (Lipinski definition) is 2. The summed E-state index contributed by atoms with van der Waals surface area (Å²) in [5.41, 5.74) is 9.02. The molecule has 2 heterocycles. The number of para-hydroxylation sites is 4. The van der Waals surface area contributed by atoms with Crippen LogP contribution in [0.15, 0.2) is 158 Å². The molecule has 8 heteroatoms. The number of fused-ring (bicyclic) bond motifs is 6. The lowest BCUT2D eigenvalue weighted by atomic mass is 9.78. The molecule has 0 aliphatic carbocycles. The molecule has 10 aromatic rings. The summed E-state index contributed by atoms with van der Waals surface area (Å²) < 4.78 is 48.4. The zero-order valence-electron chi connectivity index (χ0n) is 47.3. The SMILES string of the molecule is CCCCCCCCCc1cc(-c2cc(F)ccc2OCCCCOc2ccc(F)cc2-c2cc(C(C)(C)CCCCCCCC)cc(-n3c4ccccc4c4ccccc43)c2O)c(O)c(-n2c3ccccc3c3ccccc32)c1. The number of phenolic OH excluding ortho intramolecular Hbond substituents is 2. The van der Waals surface area contributed by atoms with Crippen LogP contribution in [0.2, 0.25) is 0 Å². The Kier molecular flexibility index (Phi) is 17.9. The highest BCUT2D eigenvalue weighted by Crippen LogP contribution is 2.47. The quantitative estimate of drug-likeness (QED) is 0.0504. The molecule has 0 saturated heterocycles. The van der Waals surface area contributed by atoms with Crippen molar-refractivity contribution in [3.63, 3.8) is 0 Å². The van der Waals surface area contributed by atoms with Gasteiger partial charge in [-0.2, -0.15) is 0 Å². The van der Waals surface area contributed by atoms with Crippen LogP contribution in [0.3, 0.4) is 0 Å². The molecule has 0 saturated carbocycles. The van der Waals surface area contributed by atoms with Gasteiger partial charge in [0.1, 0.15) is 34.6 Å². The first-order chi connectivity index (χ1) is 39.1. The van der Waals surface area contributed by atoms with Gasteiger partial charge in [0.2, 0.25) is 0 Å². The number of aromatic hydroxyl groups is 2. The maximum absolute atomic E-state index is 15.6. The van der Waals surface area contributed by atoms with Crippen molar-refractivity contribution in [2.24, 2.45) is 0 Å². The Morgan fingerprint density at radius 2 is 0.812 bits per heavy atom. The van der Waals surface area contributed by atoms with E-state index in [1.807, 2.05) is 60.7 Å². The van der Waals surface area contributed by atoms with Gasteiger partial charge in [-0.05, 0) is 134 Å². The Bertz CT molecular complexity index is 3630. The topological polar surface area (TPSA) is 68.8 Å². The van der Waals surface area contributed by atoms with Crippen molar-refractivity contribution in [2.75, 3.05) is 13.2 Å². The van der Waals surface area contributed by atoms with Crippen LogP contribution >= 0.6 is 0 Å². The van der Waals surface area contributed by atoms with E-state index in [9.17, 15) is 10.2 Å². The highest BCUT2D eigenvalue weighted by molar-refractivity contribution is 6.10. The van der Waals surface area contributed by atoms with Crippen LogP contribution in [-0.4, -0.2) is 32.6 Å². The lowest BCUT2D eigenvalue weighted by Crippen LogP contribution is -2.18. The molecule has 0 unspecified atom stereocenters. The van der Waals surface area contributed by atoms with Gasteiger partial charge in [0.25, 0.3) is 0 Å². The molecule has 6 nitrogen and oxygen atoms in total. The van der Waals surface area contributed by atoms with Crippen LogP contribution < -0.4 is 9.47 Å². The van der Waals surface area contributed by atoms with Crippen molar-refractivity contribution in [2.45, 2.75) is 142 Å². The largest absolute Gasteiger partial charge is 0.505 e. The molecule has 414 valence electrons. The molecule has 8 aromatic carbocycles. The number of rotatable bonds is 27. The third kappa shape index (κ3) is 12.1. The second-order valence-electron chi connectivity index (χ2n) is 22.6. The van der Waals surface area contributed by atoms with Gasteiger partial charge in [-0.15, -0.1) is 0 Å². The predicted molar refractivity (Wildman–Crippen MR) is 329 cm³/mol. The molecule has 2 aromatic heterocycles. The first-order valence-electron chi connectivity index (χ1n) is 29.6. The van der Waals surface area contributed by atoms with Gasteiger partial charge >= 0.3 is 0 Å². The molecule has 0 radical (unpaired) electrons. The van der Waals surface area contributed by atoms with Gasteiger partial charge < -0.3 is 28.8 Å². The fourth-order valence-electron chi connectivity index (χ4n) is 12.0. The number of aromatic nitrogens is 2. The summed E-state index contributed by atoms with van der Waals surface area (Å²) in [6.07, 6.45) is 18.4. The van der Waals surface area contributed by atoms with Crippen molar-refractivity contribution < 1.29 is 28.5 Å². The Labute approximate surface area is 471 Å². The lowest BCUT2D eigenvalue weighted by molar-refractivity contribution is 0.267. The van der Waals surface area contributed by atoms with Crippen LogP contribution in [-0.2, 0) is 11.8 Å². The van der Waals surface area contributed by atoms with E-state index in [-0.39, 0.29) is 16.9 Å². The van der Waals surface area contributed by atoms with Crippen molar-refractivity contribution in [3.8, 4) is 56.6 Å². The molecule has 0 amide bonds. The minimum absolute atomic E-state index is 0.0473. The molecule has 80 heavy (non-hydrogen) atoms. The average Bonchev–Trinajstić information content (AvgIpc) is 3.87. The highest BCUT2D eigenvalue weighted by Gasteiger charge is 2.28. The number of benzene rings is 8. The summed E-state index contributed by atoms with van der Waals surface area (Å²) >= 11 is 0. The maximum Gasteiger partial charge on any atom is 0.147 e. The lowest BCUT2D eigenvalue weighted by Gasteiger charge is -2.28. The predicted octanol–water partition coefficient (Wildman–Crippen LogP) is 20.5. The normalized spacial score (nSPS) is 11.9. The fraction of sp³-hybridized carbons (Fsp3) is 0.333. The van der Waals surface area contributed by atoms with Crippen molar-refractivity contribution in [1.82, 2.24) is 9.13 Å². The standard InChI is InChI=1S/C72H78F2N2O4/c1-5-7-9-11-13-14-16-28-50-44-60(70(77)66(45-50)75-62-33-21-17-29-54(62)55-30-18-22-34-63(55)75)58-48-52(73)37-39-68(58)79-42-26-27-43-80-69-40-38-53(74)49-59(69)61-46-51(72(3,4)41-25-15-12-10-8-6-2)47-67(71(61)78)76-64-35-23-19-31-56(64)57-32-20-24-36-65(57)76/h17-24,29-40,44-49,77-78H,5-16,25-28,41-43H2,1-4H3. The summed E-state index contributed by atoms with van der Waals surface area (Å²) in [5.74, 6) is 0.185. The third-order valence-corrected chi connectivity index (χ3v) is 16.4. The van der Waals surface area contributed by atoms with E-state index in [0.29, 0.717) is 71.2 Å². The van der Waals surface area contributed by atoms with Gasteiger partial charge in [0.05, 0.1) is 46.7 Å². The maximum atomic E-state index is 15.6. The van der Waals surface area contributed by atoms with E-state index < -0.39 is 11.6 Å². The average molecular weight is 1070 g/mol. The van der Waals surface area contributed by atoms with E-state index >= 15 is 8.78 Å².